The predicted molar refractivity (Wildman–Crippen MR) is 76.2 cm³/mol. The Morgan fingerprint density at radius 2 is 1.85 bits per heavy atom. The molecule has 0 bridgehead atoms. The van der Waals surface area contributed by atoms with Crippen LogP contribution in [0.5, 0.6) is 11.5 Å². The summed E-state index contributed by atoms with van der Waals surface area (Å²) in [7, 11) is 0. The third kappa shape index (κ3) is 3.08. The number of nitrogens with zero attached hydrogens (tertiary/aromatic N) is 1. The number of aromatic hydroxyl groups is 2. The maximum atomic E-state index is 9.72. The SMILES string of the molecule is CC(NCc1cccc(O)c1O)c1ccc(C#N)cc1. The van der Waals surface area contributed by atoms with Gasteiger partial charge < -0.3 is 15.5 Å². The largest absolute Gasteiger partial charge is 0.504 e. The third-order valence-corrected chi connectivity index (χ3v) is 3.24. The lowest BCUT2D eigenvalue weighted by atomic mass is 10.1. The molecule has 1 unspecified atom stereocenters. The molecule has 0 spiro atoms. The van der Waals surface area contributed by atoms with E-state index >= 15 is 0 Å². The molecule has 0 amide bonds. The molecule has 2 aromatic rings. The Hall–Kier alpha value is -2.51. The quantitative estimate of drug-likeness (QED) is 0.745. The van der Waals surface area contributed by atoms with Crippen molar-refractivity contribution in [2.24, 2.45) is 0 Å². The second kappa shape index (κ2) is 6.09. The van der Waals surface area contributed by atoms with E-state index in [0.29, 0.717) is 17.7 Å². The second-order valence-electron chi connectivity index (χ2n) is 4.62. The summed E-state index contributed by atoms with van der Waals surface area (Å²) >= 11 is 0. The van der Waals surface area contributed by atoms with Crippen molar-refractivity contribution in [3.63, 3.8) is 0 Å². The lowest BCUT2D eigenvalue weighted by Crippen LogP contribution is -2.18. The number of hydrogen-bond donors (Lipinski definition) is 3. The van der Waals surface area contributed by atoms with Crippen LogP contribution >= 0.6 is 0 Å². The highest BCUT2D eigenvalue weighted by Crippen LogP contribution is 2.28. The van der Waals surface area contributed by atoms with Gasteiger partial charge in [-0.15, -0.1) is 0 Å². The standard InChI is InChI=1S/C16H16N2O2/c1-11(13-7-5-12(9-17)6-8-13)18-10-14-3-2-4-15(19)16(14)20/h2-8,11,18-20H,10H2,1H3. The third-order valence-electron chi connectivity index (χ3n) is 3.24. The predicted octanol–water partition coefficient (Wildman–Crippen LogP) is 2.82. The zero-order valence-electron chi connectivity index (χ0n) is 11.2. The van der Waals surface area contributed by atoms with Gasteiger partial charge in [-0.25, -0.2) is 0 Å². The average molecular weight is 268 g/mol. The van der Waals surface area contributed by atoms with Crippen LogP contribution in [-0.4, -0.2) is 10.2 Å². The summed E-state index contributed by atoms with van der Waals surface area (Å²) in [6.07, 6.45) is 0. The highest BCUT2D eigenvalue weighted by atomic mass is 16.3. The fraction of sp³-hybridized carbons (Fsp3) is 0.188. The van der Waals surface area contributed by atoms with E-state index in [2.05, 4.69) is 11.4 Å². The number of phenolic OH excluding ortho intramolecular Hbond substituents is 2. The van der Waals surface area contributed by atoms with Crippen LogP contribution in [-0.2, 0) is 6.54 Å². The Labute approximate surface area is 117 Å². The molecule has 0 aliphatic heterocycles. The van der Waals surface area contributed by atoms with Crippen LogP contribution in [0.15, 0.2) is 42.5 Å². The van der Waals surface area contributed by atoms with Gasteiger partial charge in [0, 0.05) is 18.2 Å². The Morgan fingerprint density at radius 3 is 2.50 bits per heavy atom. The number of rotatable bonds is 4. The molecule has 0 saturated heterocycles. The Kier molecular flexibility index (Phi) is 4.24. The molecule has 0 heterocycles. The van der Waals surface area contributed by atoms with Gasteiger partial charge in [-0.05, 0) is 30.7 Å². The number of phenols is 2. The molecule has 4 nitrogen and oxygen atoms in total. The molecule has 0 aliphatic rings. The van der Waals surface area contributed by atoms with E-state index in [1.54, 1.807) is 24.3 Å². The summed E-state index contributed by atoms with van der Waals surface area (Å²) in [5, 5.41) is 31.2. The summed E-state index contributed by atoms with van der Waals surface area (Å²) in [5.41, 5.74) is 2.33. The minimum absolute atomic E-state index is 0.0736. The first-order chi connectivity index (χ1) is 9.61. The summed E-state index contributed by atoms with van der Waals surface area (Å²) in [4.78, 5) is 0. The van der Waals surface area contributed by atoms with Crippen LogP contribution in [0.3, 0.4) is 0 Å². The van der Waals surface area contributed by atoms with Crippen molar-refractivity contribution in [1.29, 1.82) is 5.26 Å². The number of nitriles is 1. The van der Waals surface area contributed by atoms with Gasteiger partial charge in [-0.2, -0.15) is 5.26 Å². The smallest absolute Gasteiger partial charge is 0.161 e. The van der Waals surface area contributed by atoms with E-state index < -0.39 is 0 Å². The number of nitrogens with one attached hydrogen (secondary N) is 1. The molecule has 4 heteroatoms. The first-order valence-electron chi connectivity index (χ1n) is 6.35. The number of hydrogen-bond acceptors (Lipinski definition) is 4. The summed E-state index contributed by atoms with van der Waals surface area (Å²) in [6, 6.07) is 14.4. The molecule has 0 saturated carbocycles. The Morgan fingerprint density at radius 1 is 1.15 bits per heavy atom. The van der Waals surface area contributed by atoms with Gasteiger partial charge >= 0.3 is 0 Å². The molecule has 3 N–H and O–H groups in total. The molecule has 1 atom stereocenters. The van der Waals surface area contributed by atoms with E-state index in [1.165, 1.54) is 6.07 Å². The first kappa shape index (κ1) is 13.9. The van der Waals surface area contributed by atoms with E-state index in [1.807, 2.05) is 19.1 Å². The monoisotopic (exact) mass is 268 g/mol. The van der Waals surface area contributed by atoms with Gasteiger partial charge in [0.25, 0.3) is 0 Å². The van der Waals surface area contributed by atoms with Crippen molar-refractivity contribution in [3.05, 3.63) is 59.2 Å². The van der Waals surface area contributed by atoms with Crippen molar-refractivity contribution < 1.29 is 10.2 Å². The van der Waals surface area contributed by atoms with Crippen LogP contribution in [0.25, 0.3) is 0 Å². The van der Waals surface area contributed by atoms with Gasteiger partial charge in [-0.3, -0.25) is 0 Å². The van der Waals surface area contributed by atoms with Gasteiger partial charge in [0.1, 0.15) is 0 Å². The maximum absolute atomic E-state index is 9.72. The first-order valence-corrected chi connectivity index (χ1v) is 6.35. The summed E-state index contributed by atoms with van der Waals surface area (Å²) in [5.74, 6) is -0.206. The Balaban J connectivity index is 2.03. The lowest BCUT2D eigenvalue weighted by Gasteiger charge is -2.15. The molecule has 0 fully saturated rings. The fourth-order valence-corrected chi connectivity index (χ4v) is 1.95. The summed E-state index contributed by atoms with van der Waals surface area (Å²) in [6.45, 7) is 2.45. The number of para-hydroxylation sites is 1. The van der Waals surface area contributed by atoms with Crippen LogP contribution in [0.1, 0.15) is 29.7 Å². The molecule has 20 heavy (non-hydrogen) atoms. The molecule has 0 aromatic heterocycles. The zero-order valence-corrected chi connectivity index (χ0v) is 11.2. The van der Waals surface area contributed by atoms with Crippen LogP contribution in [0, 0.1) is 11.3 Å². The molecule has 2 aromatic carbocycles. The second-order valence-corrected chi connectivity index (χ2v) is 4.62. The number of benzene rings is 2. The molecule has 0 radical (unpaired) electrons. The molecule has 0 aliphatic carbocycles. The van der Waals surface area contributed by atoms with Crippen molar-refractivity contribution in [1.82, 2.24) is 5.32 Å². The minimum Gasteiger partial charge on any atom is -0.504 e. The van der Waals surface area contributed by atoms with E-state index in [4.69, 9.17) is 5.26 Å². The lowest BCUT2D eigenvalue weighted by molar-refractivity contribution is 0.396. The van der Waals surface area contributed by atoms with Gasteiger partial charge in [0.2, 0.25) is 0 Å². The highest BCUT2D eigenvalue weighted by molar-refractivity contribution is 5.44. The molecule has 102 valence electrons. The van der Waals surface area contributed by atoms with Crippen molar-refractivity contribution in [2.45, 2.75) is 19.5 Å². The topological polar surface area (TPSA) is 76.3 Å². The molecular weight excluding hydrogens is 252 g/mol. The highest BCUT2D eigenvalue weighted by Gasteiger charge is 2.09. The minimum atomic E-state index is -0.115. The Bertz CT molecular complexity index is 630. The van der Waals surface area contributed by atoms with Crippen molar-refractivity contribution >= 4 is 0 Å². The van der Waals surface area contributed by atoms with Gasteiger partial charge in [0.15, 0.2) is 11.5 Å². The van der Waals surface area contributed by atoms with E-state index in [-0.39, 0.29) is 17.5 Å². The molecule has 2 rings (SSSR count). The van der Waals surface area contributed by atoms with Gasteiger partial charge in [-0.1, -0.05) is 24.3 Å². The van der Waals surface area contributed by atoms with Crippen molar-refractivity contribution in [2.75, 3.05) is 0 Å². The fourth-order valence-electron chi connectivity index (χ4n) is 1.95. The van der Waals surface area contributed by atoms with Crippen LogP contribution in [0.4, 0.5) is 0 Å². The normalized spacial score (nSPS) is 11.8. The van der Waals surface area contributed by atoms with Crippen LogP contribution < -0.4 is 5.32 Å². The van der Waals surface area contributed by atoms with Crippen LogP contribution in [0.2, 0.25) is 0 Å². The van der Waals surface area contributed by atoms with E-state index in [9.17, 15) is 10.2 Å². The zero-order chi connectivity index (χ0) is 14.5. The van der Waals surface area contributed by atoms with Gasteiger partial charge in [0.05, 0.1) is 11.6 Å². The average Bonchev–Trinajstić information content (AvgIpc) is 2.48. The maximum Gasteiger partial charge on any atom is 0.161 e. The van der Waals surface area contributed by atoms with E-state index in [0.717, 1.165) is 5.56 Å². The van der Waals surface area contributed by atoms with Crippen molar-refractivity contribution in [3.8, 4) is 17.6 Å². The molecular formula is C16H16N2O2. The summed E-state index contributed by atoms with van der Waals surface area (Å²) < 4.78 is 0.